The average Bonchev–Trinajstić information content (AvgIpc) is 2.96. The van der Waals surface area contributed by atoms with Gasteiger partial charge in [0.1, 0.15) is 5.69 Å². The number of carbonyl (C=O) groups excluding carboxylic acids is 1. The molecule has 5 nitrogen and oxygen atoms in total. The van der Waals surface area contributed by atoms with Crippen LogP contribution in [-0.4, -0.2) is 34.2 Å². The van der Waals surface area contributed by atoms with Gasteiger partial charge in [0.25, 0.3) is 5.91 Å². The summed E-state index contributed by atoms with van der Waals surface area (Å²) in [5, 5.41) is 4.15. The molecule has 88 valence electrons. The van der Waals surface area contributed by atoms with E-state index in [1.54, 1.807) is 16.6 Å². The van der Waals surface area contributed by atoms with E-state index >= 15 is 0 Å². The molecule has 1 amide bonds. The van der Waals surface area contributed by atoms with Gasteiger partial charge in [-0.2, -0.15) is 5.10 Å². The third-order valence-electron chi connectivity index (χ3n) is 3.05. The molecule has 0 bridgehead atoms. The maximum absolute atomic E-state index is 12.1. The summed E-state index contributed by atoms with van der Waals surface area (Å²) in [6.07, 6.45) is 2.47. The molecule has 0 saturated heterocycles. The summed E-state index contributed by atoms with van der Waals surface area (Å²) in [5.41, 5.74) is 7.57. The zero-order valence-electron chi connectivity index (χ0n) is 10.0. The first kappa shape index (κ1) is 11.0. The van der Waals surface area contributed by atoms with Crippen LogP contribution in [0, 0.1) is 12.8 Å². The number of hydrogen-bond donors (Lipinski definition) is 1. The molecule has 1 aromatic rings. The zero-order chi connectivity index (χ0) is 11.9. The molecule has 0 atom stereocenters. The Balaban J connectivity index is 2.18. The Bertz CT molecular complexity index is 420. The second kappa shape index (κ2) is 3.81. The van der Waals surface area contributed by atoms with Crippen LogP contribution < -0.4 is 5.73 Å². The first-order chi connectivity index (χ1) is 7.50. The van der Waals surface area contributed by atoms with Gasteiger partial charge in [-0.15, -0.1) is 0 Å². The summed E-state index contributed by atoms with van der Waals surface area (Å²) in [7, 11) is 3.57. The first-order valence-corrected chi connectivity index (χ1v) is 5.55. The molecule has 2 N–H and O–H groups in total. The predicted molar refractivity (Wildman–Crippen MR) is 62.0 cm³/mol. The number of aryl methyl sites for hydroxylation is 2. The van der Waals surface area contributed by atoms with E-state index in [4.69, 9.17) is 5.73 Å². The lowest BCUT2D eigenvalue weighted by Crippen LogP contribution is -2.30. The van der Waals surface area contributed by atoms with Gasteiger partial charge in [0.2, 0.25) is 0 Å². The molecule has 16 heavy (non-hydrogen) atoms. The van der Waals surface area contributed by atoms with Crippen molar-refractivity contribution in [3.05, 3.63) is 11.4 Å². The molecule has 1 heterocycles. The maximum atomic E-state index is 12.1. The Kier molecular flexibility index (Phi) is 2.61. The molecule has 0 spiro atoms. The predicted octanol–water partition coefficient (Wildman–Crippen LogP) is 0.793. The Hall–Kier alpha value is -1.52. The zero-order valence-corrected chi connectivity index (χ0v) is 10.0. The van der Waals surface area contributed by atoms with Crippen LogP contribution in [0.3, 0.4) is 0 Å². The van der Waals surface area contributed by atoms with Crippen LogP contribution in [-0.2, 0) is 7.05 Å². The molecule has 1 saturated carbocycles. The van der Waals surface area contributed by atoms with Crippen LogP contribution in [0.15, 0.2) is 0 Å². The molecule has 1 aliphatic carbocycles. The molecule has 1 aromatic heterocycles. The standard InChI is InChI=1S/C11H18N4O/c1-7-9(12)10(15(3)13-7)11(16)14(2)6-8-4-5-8/h8H,4-6,12H2,1-3H3. The number of nitrogens with zero attached hydrogens (tertiary/aromatic N) is 3. The van der Waals surface area contributed by atoms with E-state index in [2.05, 4.69) is 5.10 Å². The monoisotopic (exact) mass is 222 g/mol. The lowest BCUT2D eigenvalue weighted by Gasteiger charge is -2.17. The number of amides is 1. The molecule has 0 radical (unpaired) electrons. The molecule has 0 aromatic carbocycles. The molecule has 0 aliphatic heterocycles. The van der Waals surface area contributed by atoms with Gasteiger partial charge in [-0.25, -0.2) is 0 Å². The third-order valence-corrected chi connectivity index (χ3v) is 3.05. The summed E-state index contributed by atoms with van der Waals surface area (Å²) in [5.74, 6) is 0.650. The van der Waals surface area contributed by atoms with Crippen molar-refractivity contribution >= 4 is 11.6 Å². The number of hydrogen-bond acceptors (Lipinski definition) is 3. The minimum absolute atomic E-state index is 0.0347. The molecule has 1 aliphatic rings. The van der Waals surface area contributed by atoms with Crippen LogP contribution in [0.4, 0.5) is 5.69 Å². The van der Waals surface area contributed by atoms with E-state index < -0.39 is 0 Å². The normalized spacial score (nSPS) is 15.2. The van der Waals surface area contributed by atoms with Gasteiger partial charge in [-0.3, -0.25) is 9.48 Å². The van der Waals surface area contributed by atoms with Crippen LogP contribution in [0.25, 0.3) is 0 Å². The van der Waals surface area contributed by atoms with Crippen LogP contribution in [0.5, 0.6) is 0 Å². The average molecular weight is 222 g/mol. The topological polar surface area (TPSA) is 64.2 Å². The largest absolute Gasteiger partial charge is 0.395 e. The van der Waals surface area contributed by atoms with Gasteiger partial charge in [0, 0.05) is 20.6 Å². The van der Waals surface area contributed by atoms with Crippen molar-refractivity contribution in [1.82, 2.24) is 14.7 Å². The van der Waals surface area contributed by atoms with Crippen LogP contribution in [0.2, 0.25) is 0 Å². The summed E-state index contributed by atoms with van der Waals surface area (Å²) in [4.78, 5) is 13.9. The minimum atomic E-state index is -0.0347. The Morgan fingerprint density at radius 1 is 1.62 bits per heavy atom. The second-order valence-electron chi connectivity index (χ2n) is 4.60. The number of carbonyl (C=O) groups is 1. The Morgan fingerprint density at radius 3 is 2.69 bits per heavy atom. The van der Waals surface area contributed by atoms with Gasteiger partial charge in [0.15, 0.2) is 0 Å². The van der Waals surface area contributed by atoms with Gasteiger partial charge >= 0.3 is 0 Å². The van der Waals surface area contributed by atoms with E-state index in [-0.39, 0.29) is 5.91 Å². The first-order valence-electron chi connectivity index (χ1n) is 5.55. The molecular weight excluding hydrogens is 204 g/mol. The van der Waals surface area contributed by atoms with Gasteiger partial charge in [0.05, 0.1) is 11.4 Å². The van der Waals surface area contributed by atoms with Crippen LogP contribution >= 0.6 is 0 Å². The Labute approximate surface area is 95.2 Å². The number of anilines is 1. The summed E-state index contributed by atoms with van der Waals surface area (Å²) >= 11 is 0. The summed E-state index contributed by atoms with van der Waals surface area (Å²) < 4.78 is 1.57. The van der Waals surface area contributed by atoms with E-state index in [0.29, 0.717) is 23.0 Å². The second-order valence-corrected chi connectivity index (χ2v) is 4.60. The summed E-state index contributed by atoms with van der Waals surface area (Å²) in [6, 6.07) is 0. The van der Waals surface area contributed by atoms with E-state index in [1.165, 1.54) is 12.8 Å². The highest BCUT2D eigenvalue weighted by Gasteiger charge is 2.27. The van der Waals surface area contributed by atoms with Crippen molar-refractivity contribution in [1.29, 1.82) is 0 Å². The highest BCUT2D eigenvalue weighted by molar-refractivity contribution is 5.97. The lowest BCUT2D eigenvalue weighted by atomic mass is 10.2. The van der Waals surface area contributed by atoms with Crippen LogP contribution in [0.1, 0.15) is 29.0 Å². The van der Waals surface area contributed by atoms with Gasteiger partial charge in [-0.05, 0) is 25.7 Å². The molecule has 0 unspecified atom stereocenters. The molecule has 5 heteroatoms. The number of nitrogen functional groups attached to an aromatic ring is 1. The Morgan fingerprint density at radius 2 is 2.25 bits per heavy atom. The number of rotatable bonds is 3. The third kappa shape index (κ3) is 1.89. The fraction of sp³-hybridized carbons (Fsp3) is 0.636. The van der Waals surface area contributed by atoms with Crippen molar-refractivity contribution < 1.29 is 4.79 Å². The fourth-order valence-electron chi connectivity index (χ4n) is 1.88. The minimum Gasteiger partial charge on any atom is -0.395 e. The fourth-order valence-corrected chi connectivity index (χ4v) is 1.88. The van der Waals surface area contributed by atoms with Gasteiger partial charge in [-0.1, -0.05) is 0 Å². The van der Waals surface area contributed by atoms with E-state index in [9.17, 15) is 4.79 Å². The molecule has 1 fully saturated rings. The van der Waals surface area contributed by atoms with Crippen molar-refractivity contribution in [2.24, 2.45) is 13.0 Å². The smallest absolute Gasteiger partial charge is 0.274 e. The number of aromatic nitrogens is 2. The quantitative estimate of drug-likeness (QED) is 0.822. The highest BCUT2D eigenvalue weighted by Crippen LogP contribution is 2.30. The molecular formula is C11H18N4O. The van der Waals surface area contributed by atoms with Crippen molar-refractivity contribution in [3.8, 4) is 0 Å². The SMILES string of the molecule is Cc1nn(C)c(C(=O)N(C)CC2CC2)c1N. The summed E-state index contributed by atoms with van der Waals surface area (Å²) in [6.45, 7) is 2.63. The van der Waals surface area contributed by atoms with Crippen molar-refractivity contribution in [3.63, 3.8) is 0 Å². The van der Waals surface area contributed by atoms with Crippen molar-refractivity contribution in [2.75, 3.05) is 19.3 Å². The molecule has 2 rings (SSSR count). The van der Waals surface area contributed by atoms with Crippen molar-refractivity contribution in [2.45, 2.75) is 19.8 Å². The van der Waals surface area contributed by atoms with Gasteiger partial charge < -0.3 is 10.6 Å². The maximum Gasteiger partial charge on any atom is 0.274 e. The number of nitrogens with two attached hydrogens (primary N) is 1. The lowest BCUT2D eigenvalue weighted by molar-refractivity contribution is 0.0779. The van der Waals surface area contributed by atoms with E-state index in [1.807, 2.05) is 14.0 Å². The highest BCUT2D eigenvalue weighted by atomic mass is 16.2. The van der Waals surface area contributed by atoms with E-state index in [0.717, 1.165) is 6.54 Å².